The quantitative estimate of drug-likeness (QED) is 0.655. The molecular formula is C14H16ClN3O3. The van der Waals surface area contributed by atoms with Crippen LogP contribution in [0.25, 0.3) is 0 Å². The zero-order valence-corrected chi connectivity index (χ0v) is 12.2. The summed E-state index contributed by atoms with van der Waals surface area (Å²) < 4.78 is 0. The molecule has 0 aromatic heterocycles. The van der Waals surface area contributed by atoms with Crippen molar-refractivity contribution in [3.8, 4) is 0 Å². The maximum absolute atomic E-state index is 11.9. The number of benzene rings is 1. The highest BCUT2D eigenvalue weighted by molar-refractivity contribution is 6.31. The number of hydrogen-bond donors (Lipinski definition) is 2. The number of nitrogens with one attached hydrogen (secondary N) is 1. The monoisotopic (exact) mass is 309 g/mol. The SMILES string of the molecule is Nc1ccc(Cl)cc1NC(=O)CCN1C(=O)CCCC1=O. The van der Waals surface area contributed by atoms with Crippen LogP contribution in [-0.4, -0.2) is 29.2 Å². The van der Waals surface area contributed by atoms with Crippen molar-refractivity contribution in [2.45, 2.75) is 25.7 Å². The summed E-state index contributed by atoms with van der Waals surface area (Å²) in [6, 6.07) is 4.76. The molecular weight excluding hydrogens is 294 g/mol. The van der Waals surface area contributed by atoms with Crippen molar-refractivity contribution < 1.29 is 14.4 Å². The number of nitrogens with two attached hydrogens (primary N) is 1. The van der Waals surface area contributed by atoms with Gasteiger partial charge in [-0.2, -0.15) is 0 Å². The first-order valence-corrected chi connectivity index (χ1v) is 7.03. The number of rotatable bonds is 4. The van der Waals surface area contributed by atoms with Gasteiger partial charge in [-0.15, -0.1) is 0 Å². The number of carbonyl (C=O) groups is 3. The summed E-state index contributed by atoms with van der Waals surface area (Å²) in [5.41, 5.74) is 6.55. The fourth-order valence-electron chi connectivity index (χ4n) is 2.11. The summed E-state index contributed by atoms with van der Waals surface area (Å²) in [4.78, 5) is 36.2. The summed E-state index contributed by atoms with van der Waals surface area (Å²) in [6.45, 7) is 0.0873. The van der Waals surface area contributed by atoms with Crippen LogP contribution >= 0.6 is 11.6 Å². The van der Waals surface area contributed by atoms with Crippen LogP contribution in [0.5, 0.6) is 0 Å². The van der Waals surface area contributed by atoms with Crippen LogP contribution in [0, 0.1) is 0 Å². The van der Waals surface area contributed by atoms with Gasteiger partial charge in [-0.25, -0.2) is 0 Å². The Kier molecular flexibility index (Phi) is 4.80. The molecule has 1 saturated heterocycles. The van der Waals surface area contributed by atoms with Crippen molar-refractivity contribution in [2.75, 3.05) is 17.6 Å². The van der Waals surface area contributed by atoms with Gasteiger partial charge in [0, 0.05) is 30.8 Å². The Labute approximate surface area is 127 Å². The fraction of sp³-hybridized carbons (Fsp3) is 0.357. The van der Waals surface area contributed by atoms with Gasteiger partial charge in [0.2, 0.25) is 17.7 Å². The maximum atomic E-state index is 11.9. The molecule has 3 N–H and O–H groups in total. The highest BCUT2D eigenvalue weighted by Gasteiger charge is 2.25. The van der Waals surface area contributed by atoms with Crippen molar-refractivity contribution in [1.82, 2.24) is 4.90 Å². The molecule has 2 rings (SSSR count). The minimum Gasteiger partial charge on any atom is -0.397 e. The summed E-state index contributed by atoms with van der Waals surface area (Å²) >= 11 is 5.83. The van der Waals surface area contributed by atoms with Crippen molar-refractivity contribution in [1.29, 1.82) is 0 Å². The van der Waals surface area contributed by atoms with Gasteiger partial charge in [0.25, 0.3) is 0 Å². The summed E-state index contributed by atoms with van der Waals surface area (Å²) in [5, 5.41) is 3.08. The molecule has 21 heavy (non-hydrogen) atoms. The van der Waals surface area contributed by atoms with Crippen molar-refractivity contribution >= 4 is 40.7 Å². The number of hydrogen-bond acceptors (Lipinski definition) is 4. The Morgan fingerprint density at radius 1 is 1.29 bits per heavy atom. The summed E-state index contributed by atoms with van der Waals surface area (Å²) in [7, 11) is 0. The lowest BCUT2D eigenvalue weighted by Crippen LogP contribution is -2.41. The van der Waals surface area contributed by atoms with E-state index in [1.54, 1.807) is 18.2 Å². The number of amides is 3. The second kappa shape index (κ2) is 6.58. The number of halogens is 1. The van der Waals surface area contributed by atoms with Crippen molar-refractivity contribution in [3.63, 3.8) is 0 Å². The molecule has 0 aliphatic carbocycles. The van der Waals surface area contributed by atoms with Gasteiger partial charge in [-0.05, 0) is 24.6 Å². The van der Waals surface area contributed by atoms with Crippen LogP contribution < -0.4 is 11.1 Å². The zero-order valence-electron chi connectivity index (χ0n) is 11.4. The van der Waals surface area contributed by atoms with E-state index in [2.05, 4.69) is 5.32 Å². The normalized spacial score (nSPS) is 15.2. The third-order valence-electron chi connectivity index (χ3n) is 3.24. The third-order valence-corrected chi connectivity index (χ3v) is 3.47. The number of anilines is 2. The molecule has 1 aliphatic heterocycles. The maximum Gasteiger partial charge on any atom is 0.229 e. The molecule has 1 aromatic carbocycles. The first-order valence-electron chi connectivity index (χ1n) is 6.65. The van der Waals surface area contributed by atoms with Crippen LogP contribution in [0.1, 0.15) is 25.7 Å². The molecule has 1 fully saturated rings. The van der Waals surface area contributed by atoms with Crippen LogP contribution in [0.4, 0.5) is 11.4 Å². The molecule has 0 radical (unpaired) electrons. The van der Waals surface area contributed by atoms with Gasteiger partial charge in [0.15, 0.2) is 0 Å². The van der Waals surface area contributed by atoms with E-state index in [0.717, 1.165) is 4.90 Å². The Bertz CT molecular complexity index is 573. The number of nitrogens with zero attached hydrogens (tertiary/aromatic N) is 1. The smallest absolute Gasteiger partial charge is 0.229 e. The highest BCUT2D eigenvalue weighted by atomic mass is 35.5. The number of likely N-dealkylation sites (tertiary alicyclic amines) is 1. The van der Waals surface area contributed by atoms with E-state index < -0.39 is 0 Å². The fourth-order valence-corrected chi connectivity index (χ4v) is 2.28. The number of carbonyl (C=O) groups excluding carboxylic acids is 3. The molecule has 3 amide bonds. The molecule has 1 aromatic rings. The lowest BCUT2D eigenvalue weighted by atomic mass is 10.1. The average Bonchev–Trinajstić information content (AvgIpc) is 2.42. The summed E-state index contributed by atoms with van der Waals surface area (Å²) in [6.07, 6.45) is 1.33. The molecule has 6 nitrogen and oxygen atoms in total. The van der Waals surface area contributed by atoms with Crippen molar-refractivity contribution in [2.24, 2.45) is 0 Å². The van der Waals surface area contributed by atoms with Gasteiger partial charge in [0.05, 0.1) is 11.4 Å². The topological polar surface area (TPSA) is 92.5 Å². The number of imide groups is 1. The van der Waals surface area contributed by atoms with Crippen LogP contribution in [-0.2, 0) is 14.4 Å². The summed E-state index contributed by atoms with van der Waals surface area (Å²) in [5.74, 6) is -0.766. The van der Waals surface area contributed by atoms with E-state index in [1.807, 2.05) is 0 Å². The van der Waals surface area contributed by atoms with E-state index in [4.69, 9.17) is 17.3 Å². The molecule has 7 heteroatoms. The minimum absolute atomic E-state index is 0.0312. The van der Waals surface area contributed by atoms with E-state index in [0.29, 0.717) is 35.7 Å². The van der Waals surface area contributed by atoms with E-state index in [-0.39, 0.29) is 30.7 Å². The van der Waals surface area contributed by atoms with Crippen LogP contribution in [0.3, 0.4) is 0 Å². The molecule has 0 saturated carbocycles. The van der Waals surface area contributed by atoms with Gasteiger partial charge >= 0.3 is 0 Å². The lowest BCUT2D eigenvalue weighted by Gasteiger charge is -2.24. The molecule has 1 aliphatic rings. The van der Waals surface area contributed by atoms with Gasteiger partial charge in [0.1, 0.15) is 0 Å². The second-order valence-corrected chi connectivity index (χ2v) is 5.26. The first-order chi connectivity index (χ1) is 9.97. The van der Waals surface area contributed by atoms with Gasteiger partial charge in [-0.1, -0.05) is 11.6 Å². The molecule has 112 valence electrons. The molecule has 0 unspecified atom stereocenters. The predicted octanol–water partition coefficient (Wildman–Crippen LogP) is 1.79. The van der Waals surface area contributed by atoms with Gasteiger partial charge in [-0.3, -0.25) is 19.3 Å². The largest absolute Gasteiger partial charge is 0.397 e. The lowest BCUT2D eigenvalue weighted by molar-refractivity contribution is -0.148. The predicted molar refractivity (Wildman–Crippen MR) is 79.7 cm³/mol. The molecule has 0 bridgehead atoms. The number of piperidine rings is 1. The third kappa shape index (κ3) is 3.95. The molecule has 1 heterocycles. The van der Waals surface area contributed by atoms with E-state index in [1.165, 1.54) is 0 Å². The Morgan fingerprint density at radius 2 is 1.95 bits per heavy atom. The van der Waals surface area contributed by atoms with E-state index >= 15 is 0 Å². The Hall–Kier alpha value is -2.08. The van der Waals surface area contributed by atoms with Crippen molar-refractivity contribution in [3.05, 3.63) is 23.2 Å². The minimum atomic E-state index is -0.324. The Morgan fingerprint density at radius 3 is 2.62 bits per heavy atom. The first kappa shape index (κ1) is 15.3. The number of nitrogen functional groups attached to an aromatic ring is 1. The highest BCUT2D eigenvalue weighted by Crippen LogP contribution is 2.23. The Balaban J connectivity index is 1.91. The molecule has 0 atom stereocenters. The second-order valence-electron chi connectivity index (χ2n) is 4.82. The van der Waals surface area contributed by atoms with E-state index in [9.17, 15) is 14.4 Å². The van der Waals surface area contributed by atoms with Gasteiger partial charge < -0.3 is 11.1 Å². The molecule has 0 spiro atoms. The average molecular weight is 310 g/mol. The standard InChI is InChI=1S/C14H16ClN3O3/c15-9-4-5-10(16)11(8-9)17-12(19)6-7-18-13(20)2-1-3-14(18)21/h4-5,8H,1-3,6-7,16H2,(H,17,19). The van der Waals surface area contributed by atoms with Crippen LogP contribution in [0.2, 0.25) is 5.02 Å². The zero-order chi connectivity index (χ0) is 15.4. The van der Waals surface area contributed by atoms with Crippen LogP contribution in [0.15, 0.2) is 18.2 Å².